The fraction of sp³-hybridized carbons (Fsp3) is 0.296. The molecule has 5 rings (SSSR count). The van der Waals surface area contributed by atoms with Crippen LogP contribution in [0.15, 0.2) is 48.5 Å². The van der Waals surface area contributed by atoms with Gasteiger partial charge in [-0.05, 0) is 67.6 Å². The third kappa shape index (κ3) is 4.53. The summed E-state index contributed by atoms with van der Waals surface area (Å²) in [7, 11) is 0. The van der Waals surface area contributed by atoms with Crippen LogP contribution < -0.4 is 5.32 Å². The van der Waals surface area contributed by atoms with Crippen LogP contribution in [0.25, 0.3) is 11.3 Å². The molecule has 2 aliphatic heterocycles. The second kappa shape index (κ2) is 8.85. The van der Waals surface area contributed by atoms with E-state index in [2.05, 4.69) is 10.3 Å². The van der Waals surface area contributed by atoms with Crippen molar-refractivity contribution >= 4 is 11.8 Å². The van der Waals surface area contributed by atoms with Gasteiger partial charge in [0.2, 0.25) is 0 Å². The second-order valence-electron chi connectivity index (χ2n) is 9.43. The molecule has 2 amide bonds. The van der Waals surface area contributed by atoms with Gasteiger partial charge in [-0.15, -0.1) is 0 Å². The second-order valence-corrected chi connectivity index (χ2v) is 9.43. The number of halogens is 2. The summed E-state index contributed by atoms with van der Waals surface area (Å²) in [6.07, 6.45) is 1.41. The molecule has 2 aliphatic rings. The maximum absolute atomic E-state index is 14.4. The Balaban J connectivity index is 1.42. The SMILES string of the molecule is CC1(O)CCN(C(=O)c2ccc(Cc3cc(-c4c(F)cccc4F)nc4c3C(=O)NC4)cc2)CC1. The topological polar surface area (TPSA) is 82.5 Å². The zero-order chi connectivity index (χ0) is 24.7. The summed E-state index contributed by atoms with van der Waals surface area (Å²) in [6, 6.07) is 12.3. The van der Waals surface area contributed by atoms with Gasteiger partial charge in [-0.3, -0.25) is 9.59 Å². The van der Waals surface area contributed by atoms with Crippen LogP contribution in [0.3, 0.4) is 0 Å². The van der Waals surface area contributed by atoms with Crippen molar-refractivity contribution < 1.29 is 23.5 Å². The minimum absolute atomic E-state index is 0.0893. The van der Waals surface area contributed by atoms with Crippen molar-refractivity contribution in [1.82, 2.24) is 15.2 Å². The van der Waals surface area contributed by atoms with Crippen LogP contribution >= 0.6 is 0 Å². The number of carbonyl (C=O) groups excluding carboxylic acids is 2. The Morgan fingerprint density at radius 3 is 2.40 bits per heavy atom. The number of pyridine rings is 1. The van der Waals surface area contributed by atoms with Gasteiger partial charge in [-0.2, -0.15) is 0 Å². The van der Waals surface area contributed by atoms with Gasteiger partial charge in [0.15, 0.2) is 0 Å². The summed E-state index contributed by atoms with van der Waals surface area (Å²) in [6.45, 7) is 2.98. The van der Waals surface area contributed by atoms with E-state index in [1.54, 1.807) is 30.0 Å². The van der Waals surface area contributed by atoms with Crippen LogP contribution in [0.5, 0.6) is 0 Å². The van der Waals surface area contributed by atoms with Crippen molar-refractivity contribution in [3.05, 3.63) is 88.1 Å². The molecule has 0 saturated carbocycles. The van der Waals surface area contributed by atoms with Gasteiger partial charge >= 0.3 is 0 Å². The van der Waals surface area contributed by atoms with E-state index < -0.39 is 17.2 Å². The highest BCUT2D eigenvalue weighted by molar-refractivity contribution is 5.99. The largest absolute Gasteiger partial charge is 0.390 e. The molecule has 2 N–H and O–H groups in total. The molecule has 0 aliphatic carbocycles. The first-order chi connectivity index (χ1) is 16.7. The number of carbonyl (C=O) groups is 2. The number of benzene rings is 2. The quantitative estimate of drug-likeness (QED) is 0.598. The first-order valence-electron chi connectivity index (χ1n) is 11.6. The van der Waals surface area contributed by atoms with Crippen LogP contribution in [-0.2, 0) is 13.0 Å². The number of piperidine rings is 1. The van der Waals surface area contributed by atoms with Gasteiger partial charge in [-0.25, -0.2) is 13.8 Å². The van der Waals surface area contributed by atoms with Gasteiger partial charge < -0.3 is 15.3 Å². The Morgan fingerprint density at radius 1 is 1.09 bits per heavy atom. The number of likely N-dealkylation sites (tertiary alicyclic amines) is 1. The van der Waals surface area contributed by atoms with Gasteiger partial charge in [0.1, 0.15) is 11.6 Å². The Hall–Kier alpha value is -3.65. The molecule has 2 aromatic carbocycles. The highest BCUT2D eigenvalue weighted by Crippen LogP contribution is 2.30. The zero-order valence-corrected chi connectivity index (χ0v) is 19.3. The number of nitrogens with one attached hydrogen (secondary N) is 1. The number of rotatable bonds is 4. The molecule has 1 aromatic heterocycles. The molecule has 6 nitrogen and oxygen atoms in total. The molecule has 180 valence electrons. The van der Waals surface area contributed by atoms with Gasteiger partial charge in [0.25, 0.3) is 11.8 Å². The lowest BCUT2D eigenvalue weighted by Gasteiger charge is -2.35. The summed E-state index contributed by atoms with van der Waals surface area (Å²) in [4.78, 5) is 31.4. The maximum atomic E-state index is 14.4. The lowest BCUT2D eigenvalue weighted by Crippen LogP contribution is -2.45. The Kier molecular flexibility index (Phi) is 5.84. The highest BCUT2D eigenvalue weighted by atomic mass is 19.1. The standard InChI is InChI=1S/C27H25F2N3O3/c1-27(35)9-11-32(12-10-27)26(34)17-7-5-16(6-8-17)13-18-14-21(24-19(28)3-2-4-20(24)29)31-22-15-30-25(33)23(18)22/h2-8,14,35H,9-13,15H2,1H3,(H,30,33). The monoisotopic (exact) mass is 477 g/mol. The average molecular weight is 478 g/mol. The van der Waals surface area contributed by atoms with Crippen molar-refractivity contribution in [3.63, 3.8) is 0 Å². The number of amides is 2. The third-order valence-corrected chi connectivity index (χ3v) is 6.76. The van der Waals surface area contributed by atoms with Crippen LogP contribution in [0.4, 0.5) is 8.78 Å². The molecule has 1 fully saturated rings. The van der Waals surface area contributed by atoms with Crippen molar-refractivity contribution in [2.75, 3.05) is 13.1 Å². The Labute approximate surface area is 201 Å². The Morgan fingerprint density at radius 2 is 1.74 bits per heavy atom. The van der Waals surface area contributed by atoms with Gasteiger partial charge in [-0.1, -0.05) is 18.2 Å². The first kappa shape index (κ1) is 23.1. The molecule has 0 radical (unpaired) electrons. The van der Waals surface area contributed by atoms with Crippen molar-refractivity contribution in [2.45, 2.75) is 38.3 Å². The smallest absolute Gasteiger partial charge is 0.253 e. The number of aromatic nitrogens is 1. The maximum Gasteiger partial charge on any atom is 0.253 e. The predicted octanol–water partition coefficient (Wildman–Crippen LogP) is 3.85. The summed E-state index contributed by atoms with van der Waals surface area (Å²) in [5, 5.41) is 12.8. The molecule has 1 saturated heterocycles. The van der Waals surface area contributed by atoms with E-state index in [4.69, 9.17) is 0 Å². The predicted molar refractivity (Wildman–Crippen MR) is 126 cm³/mol. The fourth-order valence-corrected chi connectivity index (χ4v) is 4.68. The number of nitrogens with zero attached hydrogens (tertiary/aromatic N) is 2. The van der Waals surface area contributed by atoms with Gasteiger partial charge in [0.05, 0.1) is 34.7 Å². The van der Waals surface area contributed by atoms with E-state index in [0.717, 1.165) is 5.56 Å². The van der Waals surface area contributed by atoms with Gasteiger partial charge in [0, 0.05) is 18.7 Å². The molecule has 8 heteroatoms. The molecule has 3 heterocycles. The fourth-order valence-electron chi connectivity index (χ4n) is 4.68. The lowest BCUT2D eigenvalue weighted by atomic mass is 9.93. The van der Waals surface area contributed by atoms with Crippen molar-refractivity contribution in [3.8, 4) is 11.3 Å². The number of hydrogen-bond donors (Lipinski definition) is 2. The van der Waals surface area contributed by atoms with Crippen LogP contribution in [0.1, 0.15) is 57.3 Å². The molecule has 0 spiro atoms. The summed E-state index contributed by atoms with van der Waals surface area (Å²) >= 11 is 0. The average Bonchev–Trinajstić information content (AvgIpc) is 3.20. The van der Waals surface area contributed by atoms with Crippen molar-refractivity contribution in [2.24, 2.45) is 0 Å². The number of fused-ring (bicyclic) bond motifs is 1. The molecule has 0 atom stereocenters. The van der Waals surface area contributed by atoms with E-state index >= 15 is 0 Å². The molecule has 0 unspecified atom stereocenters. The molecule has 0 bridgehead atoms. The van der Waals surface area contributed by atoms with E-state index in [0.29, 0.717) is 54.7 Å². The number of hydrogen-bond acceptors (Lipinski definition) is 4. The minimum Gasteiger partial charge on any atom is -0.390 e. The van der Waals surface area contributed by atoms with Crippen LogP contribution in [0, 0.1) is 11.6 Å². The zero-order valence-electron chi connectivity index (χ0n) is 19.3. The lowest BCUT2D eigenvalue weighted by molar-refractivity contribution is -0.00203. The summed E-state index contributed by atoms with van der Waals surface area (Å²) in [5.41, 5.74) is 2.06. The van der Waals surface area contributed by atoms with Crippen LogP contribution in [0.2, 0.25) is 0 Å². The Bertz CT molecular complexity index is 1290. The minimum atomic E-state index is -0.734. The highest BCUT2D eigenvalue weighted by Gasteiger charge is 2.30. The van der Waals surface area contributed by atoms with E-state index in [1.807, 2.05) is 12.1 Å². The molecular weight excluding hydrogens is 452 g/mol. The van der Waals surface area contributed by atoms with E-state index in [9.17, 15) is 23.5 Å². The normalized spacial score (nSPS) is 16.7. The number of aliphatic hydroxyl groups is 1. The molecule has 3 aromatic rings. The van der Waals surface area contributed by atoms with E-state index in [-0.39, 0.29) is 29.6 Å². The third-order valence-electron chi connectivity index (χ3n) is 6.76. The molecule has 35 heavy (non-hydrogen) atoms. The molecular formula is C27H25F2N3O3. The van der Waals surface area contributed by atoms with E-state index in [1.165, 1.54) is 18.2 Å². The van der Waals surface area contributed by atoms with Crippen LogP contribution in [-0.4, -0.2) is 45.5 Å². The summed E-state index contributed by atoms with van der Waals surface area (Å²) in [5.74, 6) is -1.80. The first-order valence-corrected chi connectivity index (χ1v) is 11.6. The summed E-state index contributed by atoms with van der Waals surface area (Å²) < 4.78 is 28.9. The van der Waals surface area contributed by atoms with Crippen molar-refractivity contribution in [1.29, 1.82) is 0 Å².